The lowest BCUT2D eigenvalue weighted by atomic mass is 10.1. The van der Waals surface area contributed by atoms with Crippen molar-refractivity contribution in [3.63, 3.8) is 0 Å². The number of hydrogen-bond donors (Lipinski definition) is 0. The number of nitrogens with zero attached hydrogens (tertiary/aromatic N) is 4. The summed E-state index contributed by atoms with van der Waals surface area (Å²) in [5.41, 5.74) is 0.741. The van der Waals surface area contributed by atoms with Gasteiger partial charge in [-0.1, -0.05) is 0 Å². The van der Waals surface area contributed by atoms with Gasteiger partial charge in [0.15, 0.2) is 5.82 Å². The van der Waals surface area contributed by atoms with Crippen molar-refractivity contribution in [3.05, 3.63) is 11.8 Å². The minimum atomic E-state index is -0.451. The van der Waals surface area contributed by atoms with E-state index in [1.165, 1.54) is 5.69 Å². The van der Waals surface area contributed by atoms with Crippen molar-refractivity contribution in [1.82, 2.24) is 14.7 Å². The van der Waals surface area contributed by atoms with Gasteiger partial charge in [-0.15, -0.1) is 0 Å². The first-order chi connectivity index (χ1) is 11.8. The molecule has 0 spiro atoms. The molecule has 0 unspecified atom stereocenters. The predicted octanol–water partition coefficient (Wildman–Crippen LogP) is 2.60. The molecule has 7 heteroatoms. The van der Waals surface area contributed by atoms with Crippen molar-refractivity contribution in [2.75, 3.05) is 44.3 Å². The third-order valence-corrected chi connectivity index (χ3v) is 4.70. The molecular weight excluding hydrogens is 320 g/mol. The number of amides is 1. The standard InChI is InChI=1S/C18H30N4O3/c1-14-13-16(19-22(14)15-5-11-24-12-6-15)20-7-9-21(10-8-20)17(23)25-18(2,3)4/h13,15H,5-12H2,1-4H3. The van der Waals surface area contributed by atoms with Crippen LogP contribution in [0, 0.1) is 6.92 Å². The summed E-state index contributed by atoms with van der Waals surface area (Å²) in [6, 6.07) is 2.59. The minimum absolute atomic E-state index is 0.226. The summed E-state index contributed by atoms with van der Waals surface area (Å²) in [7, 11) is 0. The van der Waals surface area contributed by atoms with Crippen molar-refractivity contribution in [3.8, 4) is 0 Å². The zero-order valence-electron chi connectivity index (χ0n) is 15.8. The first-order valence-electron chi connectivity index (χ1n) is 9.20. The van der Waals surface area contributed by atoms with Gasteiger partial charge in [-0.05, 0) is 40.5 Å². The molecule has 3 heterocycles. The molecule has 0 aromatic carbocycles. The lowest BCUT2D eigenvalue weighted by Gasteiger charge is -2.35. The maximum Gasteiger partial charge on any atom is 0.410 e. The Bertz CT molecular complexity index is 594. The molecule has 140 valence electrons. The van der Waals surface area contributed by atoms with Crippen LogP contribution < -0.4 is 4.90 Å². The summed E-state index contributed by atoms with van der Waals surface area (Å²) < 4.78 is 13.1. The Morgan fingerprint density at radius 3 is 2.44 bits per heavy atom. The van der Waals surface area contributed by atoms with E-state index in [4.69, 9.17) is 14.6 Å². The van der Waals surface area contributed by atoms with Crippen LogP contribution in [0.5, 0.6) is 0 Å². The van der Waals surface area contributed by atoms with Crippen LogP contribution in [-0.4, -0.2) is 65.8 Å². The highest BCUT2D eigenvalue weighted by Gasteiger charge is 2.27. The highest BCUT2D eigenvalue weighted by Crippen LogP contribution is 2.25. The quantitative estimate of drug-likeness (QED) is 0.820. The molecule has 0 atom stereocenters. The molecule has 2 fully saturated rings. The number of rotatable bonds is 2. The van der Waals surface area contributed by atoms with Gasteiger partial charge in [-0.3, -0.25) is 4.68 Å². The van der Waals surface area contributed by atoms with E-state index >= 15 is 0 Å². The van der Waals surface area contributed by atoms with Gasteiger partial charge in [0.05, 0.1) is 6.04 Å². The summed E-state index contributed by atoms with van der Waals surface area (Å²) in [5, 5.41) is 4.84. The van der Waals surface area contributed by atoms with E-state index in [0.717, 1.165) is 45.0 Å². The highest BCUT2D eigenvalue weighted by molar-refractivity contribution is 5.68. The third kappa shape index (κ3) is 4.45. The molecule has 2 aliphatic heterocycles. The van der Waals surface area contributed by atoms with Crippen LogP contribution in [0.1, 0.15) is 45.3 Å². The molecule has 0 N–H and O–H groups in total. The molecule has 1 aromatic rings. The molecule has 0 aliphatic carbocycles. The number of carbonyl (C=O) groups is 1. The maximum atomic E-state index is 12.2. The molecule has 1 aromatic heterocycles. The van der Waals surface area contributed by atoms with Gasteiger partial charge < -0.3 is 19.3 Å². The Kier molecular flexibility index (Phi) is 5.22. The average molecular weight is 350 g/mol. The molecule has 0 bridgehead atoms. The fourth-order valence-corrected chi connectivity index (χ4v) is 3.37. The Morgan fingerprint density at radius 1 is 1.20 bits per heavy atom. The summed E-state index contributed by atoms with van der Waals surface area (Å²) in [4.78, 5) is 16.2. The fraction of sp³-hybridized carbons (Fsp3) is 0.778. The first-order valence-corrected chi connectivity index (χ1v) is 9.20. The fourth-order valence-electron chi connectivity index (χ4n) is 3.37. The van der Waals surface area contributed by atoms with E-state index in [1.54, 1.807) is 4.90 Å². The molecule has 0 radical (unpaired) electrons. The highest BCUT2D eigenvalue weighted by atomic mass is 16.6. The largest absolute Gasteiger partial charge is 0.444 e. The SMILES string of the molecule is Cc1cc(N2CCN(C(=O)OC(C)(C)C)CC2)nn1C1CCOCC1. The Morgan fingerprint density at radius 2 is 1.84 bits per heavy atom. The van der Waals surface area contributed by atoms with E-state index in [2.05, 4.69) is 22.6 Å². The molecule has 0 saturated carbocycles. The van der Waals surface area contributed by atoms with Crippen molar-refractivity contribution in [2.24, 2.45) is 0 Å². The number of ether oxygens (including phenoxy) is 2. The second-order valence-electron chi connectivity index (χ2n) is 7.89. The van der Waals surface area contributed by atoms with Crippen LogP contribution in [0.4, 0.5) is 10.6 Å². The minimum Gasteiger partial charge on any atom is -0.444 e. The summed E-state index contributed by atoms with van der Waals surface area (Å²) in [6.07, 6.45) is 1.82. The average Bonchev–Trinajstić information content (AvgIpc) is 2.96. The van der Waals surface area contributed by atoms with Crippen LogP contribution in [0.2, 0.25) is 0 Å². The van der Waals surface area contributed by atoms with Crippen LogP contribution in [0.15, 0.2) is 6.07 Å². The smallest absolute Gasteiger partial charge is 0.410 e. The molecule has 1 amide bonds. The second kappa shape index (κ2) is 7.23. The van der Waals surface area contributed by atoms with Gasteiger partial charge in [-0.25, -0.2) is 4.79 Å². The molecule has 2 saturated heterocycles. The van der Waals surface area contributed by atoms with Gasteiger partial charge in [0, 0.05) is 51.2 Å². The first kappa shape index (κ1) is 18.0. The Labute approximate surface area is 149 Å². The monoisotopic (exact) mass is 350 g/mol. The van der Waals surface area contributed by atoms with Crippen molar-refractivity contribution < 1.29 is 14.3 Å². The van der Waals surface area contributed by atoms with Gasteiger partial charge in [0.1, 0.15) is 5.60 Å². The zero-order valence-corrected chi connectivity index (χ0v) is 15.8. The van der Waals surface area contributed by atoms with Gasteiger partial charge in [0.2, 0.25) is 0 Å². The Hall–Kier alpha value is -1.76. The van der Waals surface area contributed by atoms with Crippen LogP contribution in [0.25, 0.3) is 0 Å². The van der Waals surface area contributed by atoms with Crippen molar-refractivity contribution in [1.29, 1.82) is 0 Å². The van der Waals surface area contributed by atoms with Crippen LogP contribution >= 0.6 is 0 Å². The maximum absolute atomic E-state index is 12.2. The van der Waals surface area contributed by atoms with Crippen LogP contribution in [0.3, 0.4) is 0 Å². The zero-order chi connectivity index (χ0) is 18.0. The number of carbonyl (C=O) groups excluding carboxylic acids is 1. The number of piperazine rings is 1. The van der Waals surface area contributed by atoms with Crippen molar-refractivity contribution >= 4 is 11.9 Å². The van der Waals surface area contributed by atoms with E-state index in [9.17, 15) is 4.79 Å². The molecule has 7 nitrogen and oxygen atoms in total. The predicted molar refractivity (Wildman–Crippen MR) is 96.1 cm³/mol. The van der Waals surface area contributed by atoms with E-state index < -0.39 is 5.60 Å². The lowest BCUT2D eigenvalue weighted by molar-refractivity contribution is 0.0240. The molecule has 2 aliphatic rings. The van der Waals surface area contributed by atoms with Crippen LogP contribution in [-0.2, 0) is 9.47 Å². The molecule has 25 heavy (non-hydrogen) atoms. The molecular formula is C18H30N4O3. The van der Waals surface area contributed by atoms with Gasteiger partial charge >= 0.3 is 6.09 Å². The van der Waals surface area contributed by atoms with Gasteiger partial charge in [0.25, 0.3) is 0 Å². The van der Waals surface area contributed by atoms with Crippen molar-refractivity contribution in [2.45, 2.75) is 52.2 Å². The number of aryl methyl sites for hydroxylation is 1. The second-order valence-corrected chi connectivity index (χ2v) is 7.89. The lowest BCUT2D eigenvalue weighted by Crippen LogP contribution is -2.50. The topological polar surface area (TPSA) is 59.8 Å². The summed E-state index contributed by atoms with van der Waals surface area (Å²) in [5.74, 6) is 1.01. The Balaban J connectivity index is 1.59. The van der Waals surface area contributed by atoms with E-state index in [-0.39, 0.29) is 6.09 Å². The summed E-state index contributed by atoms with van der Waals surface area (Å²) in [6.45, 7) is 12.3. The number of anilines is 1. The van der Waals surface area contributed by atoms with E-state index in [0.29, 0.717) is 19.1 Å². The molecule has 3 rings (SSSR count). The normalized spacial score (nSPS) is 20.0. The number of hydrogen-bond acceptors (Lipinski definition) is 5. The van der Waals surface area contributed by atoms with E-state index in [1.807, 2.05) is 20.8 Å². The number of aromatic nitrogens is 2. The van der Waals surface area contributed by atoms with Gasteiger partial charge in [-0.2, -0.15) is 5.10 Å². The summed E-state index contributed by atoms with van der Waals surface area (Å²) >= 11 is 0. The third-order valence-electron chi connectivity index (χ3n) is 4.70.